The summed E-state index contributed by atoms with van der Waals surface area (Å²) in [6.07, 6.45) is 5.90. The Labute approximate surface area is 146 Å². The van der Waals surface area contributed by atoms with Crippen LogP contribution >= 0.6 is 11.8 Å². The third kappa shape index (κ3) is 2.59. The van der Waals surface area contributed by atoms with Gasteiger partial charge in [-0.2, -0.15) is 0 Å². The van der Waals surface area contributed by atoms with Crippen LogP contribution in [0.3, 0.4) is 0 Å². The molecule has 2 aromatic carbocycles. The number of carbonyl (C=O) groups is 1. The molecule has 1 aliphatic carbocycles. The molecule has 0 spiro atoms. The molecule has 2 aromatic rings. The van der Waals surface area contributed by atoms with E-state index < -0.39 is 0 Å². The Morgan fingerprint density at radius 3 is 2.71 bits per heavy atom. The van der Waals surface area contributed by atoms with Crippen molar-refractivity contribution in [2.45, 2.75) is 24.7 Å². The SMILES string of the molecule is CCN1/C(=C/C=C2/CCc3ccccc3C2=O)Sc2ccccc21. The van der Waals surface area contributed by atoms with Crippen LogP contribution in [0.1, 0.15) is 29.3 Å². The number of ketones is 1. The van der Waals surface area contributed by atoms with Gasteiger partial charge in [0.05, 0.1) is 10.7 Å². The van der Waals surface area contributed by atoms with Gasteiger partial charge in [0.25, 0.3) is 0 Å². The minimum absolute atomic E-state index is 0.178. The van der Waals surface area contributed by atoms with Crippen molar-refractivity contribution in [2.24, 2.45) is 0 Å². The number of aryl methyl sites for hydroxylation is 1. The van der Waals surface area contributed by atoms with Gasteiger partial charge in [-0.25, -0.2) is 0 Å². The number of hydrogen-bond acceptors (Lipinski definition) is 3. The third-order valence-corrected chi connectivity index (χ3v) is 5.73. The molecular weight excluding hydrogens is 314 g/mol. The Hall–Kier alpha value is -2.26. The van der Waals surface area contributed by atoms with E-state index in [1.165, 1.54) is 21.2 Å². The first-order valence-corrected chi connectivity index (χ1v) is 9.17. The monoisotopic (exact) mass is 333 g/mol. The molecule has 1 aliphatic heterocycles. The van der Waals surface area contributed by atoms with E-state index in [2.05, 4.69) is 48.2 Å². The van der Waals surface area contributed by atoms with Crippen molar-refractivity contribution in [3.05, 3.63) is 82.4 Å². The molecule has 0 atom stereocenters. The van der Waals surface area contributed by atoms with Crippen LogP contribution in [0.15, 0.2) is 76.2 Å². The zero-order valence-corrected chi connectivity index (χ0v) is 14.5. The first-order chi connectivity index (χ1) is 11.8. The van der Waals surface area contributed by atoms with Gasteiger partial charge in [0.2, 0.25) is 0 Å². The summed E-state index contributed by atoms with van der Waals surface area (Å²) in [5.74, 6) is 0.178. The topological polar surface area (TPSA) is 20.3 Å². The maximum Gasteiger partial charge on any atom is 0.189 e. The van der Waals surface area contributed by atoms with Crippen molar-refractivity contribution in [1.82, 2.24) is 0 Å². The van der Waals surface area contributed by atoms with Crippen LogP contribution in [-0.4, -0.2) is 12.3 Å². The van der Waals surface area contributed by atoms with E-state index in [0.29, 0.717) is 0 Å². The summed E-state index contributed by atoms with van der Waals surface area (Å²) in [6.45, 7) is 3.08. The smallest absolute Gasteiger partial charge is 0.189 e. The highest BCUT2D eigenvalue weighted by Gasteiger charge is 2.24. The Kier molecular flexibility index (Phi) is 4.03. The minimum atomic E-state index is 0.178. The van der Waals surface area contributed by atoms with Gasteiger partial charge in [0.15, 0.2) is 5.78 Å². The van der Waals surface area contributed by atoms with Gasteiger partial charge < -0.3 is 4.90 Å². The van der Waals surface area contributed by atoms with Crippen molar-refractivity contribution >= 4 is 23.2 Å². The number of thioether (sulfide) groups is 1. The molecule has 0 amide bonds. The summed E-state index contributed by atoms with van der Waals surface area (Å²) in [4.78, 5) is 16.3. The summed E-state index contributed by atoms with van der Waals surface area (Å²) in [5, 5.41) is 1.19. The van der Waals surface area contributed by atoms with E-state index in [9.17, 15) is 4.79 Å². The van der Waals surface area contributed by atoms with E-state index in [1.807, 2.05) is 24.3 Å². The van der Waals surface area contributed by atoms with Crippen LogP contribution in [-0.2, 0) is 6.42 Å². The molecule has 2 aliphatic rings. The van der Waals surface area contributed by atoms with E-state index in [-0.39, 0.29) is 5.78 Å². The standard InChI is InChI=1S/C21H19NOS/c1-2-22-18-9-5-6-10-19(18)24-20(22)14-13-16-12-11-15-7-3-4-8-17(15)21(16)23/h3-10,13-14H,2,11-12H2,1H3/b16-13-,20-14-. The van der Waals surface area contributed by atoms with Gasteiger partial charge in [-0.15, -0.1) is 0 Å². The second-order valence-electron chi connectivity index (χ2n) is 6.00. The van der Waals surface area contributed by atoms with Gasteiger partial charge in [-0.1, -0.05) is 54.2 Å². The lowest BCUT2D eigenvalue weighted by atomic mass is 9.87. The first-order valence-electron chi connectivity index (χ1n) is 8.36. The van der Waals surface area contributed by atoms with Crippen LogP contribution in [0.25, 0.3) is 0 Å². The summed E-state index contributed by atoms with van der Waals surface area (Å²) >= 11 is 1.78. The molecule has 120 valence electrons. The second kappa shape index (κ2) is 6.33. The Morgan fingerprint density at radius 1 is 1.04 bits per heavy atom. The lowest BCUT2D eigenvalue weighted by molar-refractivity contribution is 0.102. The van der Waals surface area contributed by atoms with Gasteiger partial charge >= 0.3 is 0 Å². The number of carbonyl (C=O) groups excluding carboxylic acids is 1. The Balaban J connectivity index is 1.64. The summed E-state index contributed by atoms with van der Waals surface area (Å²) in [7, 11) is 0. The molecular formula is C21H19NOS. The highest BCUT2D eigenvalue weighted by molar-refractivity contribution is 8.03. The van der Waals surface area contributed by atoms with Gasteiger partial charge in [0.1, 0.15) is 0 Å². The van der Waals surface area contributed by atoms with Crippen molar-refractivity contribution in [1.29, 1.82) is 0 Å². The zero-order valence-electron chi connectivity index (χ0n) is 13.7. The molecule has 0 bridgehead atoms. The van der Waals surface area contributed by atoms with Crippen molar-refractivity contribution < 1.29 is 4.79 Å². The number of nitrogens with zero attached hydrogens (tertiary/aromatic N) is 1. The average Bonchev–Trinajstić information content (AvgIpc) is 2.99. The van der Waals surface area contributed by atoms with Crippen molar-refractivity contribution in [2.75, 3.05) is 11.4 Å². The van der Waals surface area contributed by atoms with Crippen LogP contribution < -0.4 is 4.90 Å². The predicted octanol–water partition coefficient (Wildman–Crippen LogP) is 5.22. The van der Waals surface area contributed by atoms with E-state index in [1.54, 1.807) is 11.8 Å². The van der Waals surface area contributed by atoms with Gasteiger partial charge in [-0.05, 0) is 43.5 Å². The van der Waals surface area contributed by atoms with E-state index in [0.717, 1.165) is 30.5 Å². The maximum absolute atomic E-state index is 12.7. The Bertz CT molecular complexity index is 866. The van der Waals surface area contributed by atoms with E-state index in [4.69, 9.17) is 0 Å². The van der Waals surface area contributed by atoms with Gasteiger partial charge in [0, 0.05) is 22.6 Å². The fourth-order valence-electron chi connectivity index (χ4n) is 3.35. The molecule has 24 heavy (non-hydrogen) atoms. The van der Waals surface area contributed by atoms with Crippen LogP contribution in [0, 0.1) is 0 Å². The number of hydrogen-bond donors (Lipinski definition) is 0. The lowest BCUT2D eigenvalue weighted by Gasteiger charge is -2.18. The molecule has 0 N–H and O–H groups in total. The minimum Gasteiger partial charge on any atom is -0.335 e. The molecule has 0 unspecified atom stereocenters. The number of fused-ring (bicyclic) bond motifs is 2. The number of anilines is 1. The quantitative estimate of drug-likeness (QED) is 0.703. The highest BCUT2D eigenvalue weighted by Crippen LogP contribution is 2.45. The van der Waals surface area contributed by atoms with Crippen molar-refractivity contribution in [3.63, 3.8) is 0 Å². The molecule has 3 heteroatoms. The predicted molar refractivity (Wildman–Crippen MR) is 101 cm³/mol. The number of allylic oxidation sites excluding steroid dienone is 3. The molecule has 2 nitrogen and oxygen atoms in total. The second-order valence-corrected chi connectivity index (χ2v) is 7.06. The molecule has 0 saturated heterocycles. The molecule has 0 aromatic heterocycles. The molecule has 0 saturated carbocycles. The summed E-state index contributed by atoms with van der Waals surface area (Å²) < 4.78 is 0. The number of Topliss-reactive ketones (excluding diaryl/α,β-unsaturated/α-hetero) is 1. The van der Waals surface area contributed by atoms with Crippen LogP contribution in [0.5, 0.6) is 0 Å². The third-order valence-electron chi connectivity index (χ3n) is 4.60. The normalized spacial score (nSPS) is 19.7. The fraction of sp³-hybridized carbons (Fsp3) is 0.190. The number of benzene rings is 2. The van der Waals surface area contributed by atoms with Crippen LogP contribution in [0.2, 0.25) is 0 Å². The summed E-state index contributed by atoms with van der Waals surface area (Å²) in [6, 6.07) is 16.4. The first kappa shape index (κ1) is 15.3. The lowest BCUT2D eigenvalue weighted by Crippen LogP contribution is -2.16. The molecule has 0 fully saturated rings. The number of rotatable bonds is 2. The highest BCUT2D eigenvalue weighted by atomic mass is 32.2. The zero-order chi connectivity index (χ0) is 16.5. The number of para-hydroxylation sites is 1. The molecule has 1 heterocycles. The fourth-order valence-corrected chi connectivity index (χ4v) is 4.48. The maximum atomic E-state index is 12.7. The van der Waals surface area contributed by atoms with Crippen molar-refractivity contribution in [3.8, 4) is 0 Å². The molecule has 0 radical (unpaired) electrons. The van der Waals surface area contributed by atoms with Gasteiger partial charge in [-0.3, -0.25) is 4.79 Å². The molecule has 4 rings (SSSR count). The van der Waals surface area contributed by atoms with Crippen LogP contribution in [0.4, 0.5) is 5.69 Å². The van der Waals surface area contributed by atoms with E-state index >= 15 is 0 Å². The summed E-state index contributed by atoms with van der Waals surface area (Å²) in [5.41, 5.74) is 4.21. The Morgan fingerprint density at radius 2 is 1.83 bits per heavy atom. The average molecular weight is 333 g/mol. The largest absolute Gasteiger partial charge is 0.335 e.